The maximum atomic E-state index is 11.9. The number of aryl methyl sites for hydroxylation is 1. The summed E-state index contributed by atoms with van der Waals surface area (Å²) in [4.78, 5) is 10.8. The van der Waals surface area contributed by atoms with Crippen LogP contribution in [0.25, 0.3) is 0 Å². The van der Waals surface area contributed by atoms with E-state index in [0.717, 1.165) is 11.8 Å². The molecule has 1 aromatic rings. The Morgan fingerprint density at radius 2 is 1.87 bits per heavy atom. The molecular weight excluding hydrogens is 212 g/mol. The van der Waals surface area contributed by atoms with Gasteiger partial charge in [0.15, 0.2) is 9.84 Å². The largest absolute Gasteiger partial charge is 0.303 e. The Balaban J connectivity index is 2.31. The van der Waals surface area contributed by atoms with Gasteiger partial charge in [-0.3, -0.25) is 0 Å². The van der Waals surface area contributed by atoms with Crippen molar-refractivity contribution >= 4 is 16.1 Å². The summed E-state index contributed by atoms with van der Waals surface area (Å²) in [5.41, 5.74) is 1.02. The second-order valence-corrected chi connectivity index (χ2v) is 6.10. The molecule has 0 heterocycles. The van der Waals surface area contributed by atoms with Gasteiger partial charge in [-0.2, -0.15) is 0 Å². The van der Waals surface area contributed by atoms with Gasteiger partial charge in [0, 0.05) is 5.92 Å². The number of hydrogen-bond acceptors (Lipinski definition) is 3. The molecule has 0 radical (unpaired) electrons. The molecule has 0 amide bonds. The Morgan fingerprint density at radius 1 is 1.27 bits per heavy atom. The normalized spacial score (nSPS) is 24.9. The average Bonchev–Trinajstić information content (AvgIpc) is 2.98. The summed E-state index contributed by atoms with van der Waals surface area (Å²) in [6, 6.07) is 6.74. The summed E-state index contributed by atoms with van der Waals surface area (Å²) in [7, 11) is -3.28. The van der Waals surface area contributed by atoms with E-state index in [0.29, 0.717) is 11.3 Å². The first-order valence-corrected chi connectivity index (χ1v) is 6.36. The zero-order chi connectivity index (χ0) is 11.1. The molecule has 1 aliphatic rings. The minimum Gasteiger partial charge on any atom is -0.303 e. The third kappa shape index (κ3) is 1.81. The minimum atomic E-state index is -3.28. The fourth-order valence-corrected chi connectivity index (χ4v) is 3.46. The van der Waals surface area contributed by atoms with E-state index in [1.807, 2.05) is 6.92 Å². The predicted molar refractivity (Wildman–Crippen MR) is 56.3 cm³/mol. The summed E-state index contributed by atoms with van der Waals surface area (Å²) in [6.45, 7) is 1.90. The van der Waals surface area contributed by atoms with Crippen LogP contribution in [-0.4, -0.2) is 20.0 Å². The smallest absolute Gasteiger partial charge is 0.181 e. The molecule has 0 aromatic heterocycles. The van der Waals surface area contributed by atoms with E-state index in [9.17, 15) is 13.2 Å². The van der Waals surface area contributed by atoms with Crippen LogP contribution >= 0.6 is 0 Å². The number of carbonyl (C=O) groups is 1. The Kier molecular flexibility index (Phi) is 2.38. The first kappa shape index (κ1) is 10.4. The fourth-order valence-electron chi connectivity index (χ4n) is 1.59. The maximum Gasteiger partial charge on any atom is 0.181 e. The van der Waals surface area contributed by atoms with Gasteiger partial charge in [0.05, 0.1) is 10.1 Å². The highest BCUT2D eigenvalue weighted by Gasteiger charge is 2.47. The van der Waals surface area contributed by atoms with Crippen LogP contribution in [-0.2, 0) is 14.6 Å². The van der Waals surface area contributed by atoms with Gasteiger partial charge in [0.1, 0.15) is 6.29 Å². The number of aldehydes is 1. The number of hydrogen-bond donors (Lipinski definition) is 0. The first-order valence-electron chi connectivity index (χ1n) is 4.81. The van der Waals surface area contributed by atoms with Crippen molar-refractivity contribution < 1.29 is 13.2 Å². The second kappa shape index (κ2) is 3.45. The molecule has 1 aromatic carbocycles. The van der Waals surface area contributed by atoms with Crippen LogP contribution < -0.4 is 0 Å². The highest BCUT2D eigenvalue weighted by atomic mass is 32.2. The lowest BCUT2D eigenvalue weighted by atomic mass is 10.2. The summed E-state index contributed by atoms with van der Waals surface area (Å²) in [5, 5.41) is -0.488. The Labute approximate surface area is 89.0 Å². The molecule has 1 saturated carbocycles. The zero-order valence-corrected chi connectivity index (χ0v) is 9.20. The summed E-state index contributed by atoms with van der Waals surface area (Å²) in [6.07, 6.45) is 1.20. The van der Waals surface area contributed by atoms with Crippen LogP contribution in [0.3, 0.4) is 0 Å². The number of rotatable bonds is 3. The lowest BCUT2D eigenvalue weighted by Crippen LogP contribution is -2.09. The lowest BCUT2D eigenvalue weighted by molar-refractivity contribution is -0.108. The molecule has 80 valence electrons. The van der Waals surface area contributed by atoms with Crippen molar-refractivity contribution in [1.29, 1.82) is 0 Å². The Hall–Kier alpha value is -1.16. The van der Waals surface area contributed by atoms with Crippen molar-refractivity contribution in [3.63, 3.8) is 0 Å². The van der Waals surface area contributed by atoms with Crippen LogP contribution in [0, 0.1) is 12.8 Å². The van der Waals surface area contributed by atoms with Gasteiger partial charge in [0.25, 0.3) is 0 Å². The van der Waals surface area contributed by atoms with E-state index < -0.39 is 15.1 Å². The summed E-state index contributed by atoms with van der Waals surface area (Å²) >= 11 is 0. The monoisotopic (exact) mass is 224 g/mol. The molecule has 0 N–H and O–H groups in total. The standard InChI is InChI=1S/C11H12O3S/c1-8-2-4-10(5-3-8)15(13,14)11-6-9(11)7-12/h2-5,7,9,11H,6H2,1H3/t9-,11-/m0/s1. The topological polar surface area (TPSA) is 51.2 Å². The van der Waals surface area contributed by atoms with Crippen LogP contribution in [0.15, 0.2) is 29.2 Å². The maximum absolute atomic E-state index is 11.9. The molecule has 0 bridgehead atoms. The number of benzene rings is 1. The number of sulfone groups is 1. The van der Waals surface area contributed by atoms with E-state index in [1.165, 1.54) is 0 Å². The van der Waals surface area contributed by atoms with Gasteiger partial charge in [0.2, 0.25) is 0 Å². The van der Waals surface area contributed by atoms with E-state index in [2.05, 4.69) is 0 Å². The molecule has 0 unspecified atom stereocenters. The van der Waals surface area contributed by atoms with E-state index in [1.54, 1.807) is 24.3 Å². The minimum absolute atomic E-state index is 0.295. The second-order valence-electron chi connectivity index (χ2n) is 3.93. The van der Waals surface area contributed by atoms with Crippen LogP contribution in [0.2, 0.25) is 0 Å². The van der Waals surface area contributed by atoms with Crippen molar-refractivity contribution in [1.82, 2.24) is 0 Å². The average molecular weight is 224 g/mol. The van der Waals surface area contributed by atoms with Crippen molar-refractivity contribution in [2.24, 2.45) is 5.92 Å². The van der Waals surface area contributed by atoms with Crippen molar-refractivity contribution in [2.45, 2.75) is 23.5 Å². The third-order valence-electron chi connectivity index (χ3n) is 2.70. The molecule has 1 aliphatic carbocycles. The predicted octanol–water partition coefficient (Wildman–Crippen LogP) is 1.36. The van der Waals surface area contributed by atoms with Crippen LogP contribution in [0.5, 0.6) is 0 Å². The molecule has 1 fully saturated rings. The van der Waals surface area contributed by atoms with E-state index in [4.69, 9.17) is 0 Å². The molecule has 3 nitrogen and oxygen atoms in total. The Morgan fingerprint density at radius 3 is 2.33 bits per heavy atom. The van der Waals surface area contributed by atoms with E-state index >= 15 is 0 Å². The van der Waals surface area contributed by atoms with E-state index in [-0.39, 0.29) is 5.92 Å². The lowest BCUT2D eigenvalue weighted by Gasteiger charge is -2.02. The highest BCUT2D eigenvalue weighted by Crippen LogP contribution is 2.38. The third-order valence-corrected chi connectivity index (χ3v) is 4.97. The molecule has 4 heteroatoms. The Bertz CT molecular complexity index is 473. The highest BCUT2D eigenvalue weighted by molar-refractivity contribution is 7.92. The summed E-state index contributed by atoms with van der Waals surface area (Å²) < 4.78 is 23.8. The van der Waals surface area contributed by atoms with Gasteiger partial charge in [-0.25, -0.2) is 8.42 Å². The number of carbonyl (C=O) groups excluding carboxylic acids is 1. The molecule has 0 aliphatic heterocycles. The van der Waals surface area contributed by atoms with Gasteiger partial charge < -0.3 is 4.79 Å². The van der Waals surface area contributed by atoms with Gasteiger partial charge in [-0.15, -0.1) is 0 Å². The molecule has 0 saturated heterocycles. The molecule has 2 atom stereocenters. The molecule has 15 heavy (non-hydrogen) atoms. The summed E-state index contributed by atoms with van der Waals surface area (Å²) in [5.74, 6) is -0.295. The fraction of sp³-hybridized carbons (Fsp3) is 0.364. The molecular formula is C11H12O3S. The van der Waals surface area contributed by atoms with Gasteiger partial charge in [-0.05, 0) is 25.5 Å². The van der Waals surface area contributed by atoms with Crippen molar-refractivity contribution in [3.8, 4) is 0 Å². The quantitative estimate of drug-likeness (QED) is 0.728. The van der Waals surface area contributed by atoms with Crippen molar-refractivity contribution in [3.05, 3.63) is 29.8 Å². The van der Waals surface area contributed by atoms with Crippen molar-refractivity contribution in [2.75, 3.05) is 0 Å². The zero-order valence-electron chi connectivity index (χ0n) is 8.38. The van der Waals surface area contributed by atoms with Gasteiger partial charge in [-0.1, -0.05) is 17.7 Å². The first-order chi connectivity index (χ1) is 7.05. The van der Waals surface area contributed by atoms with Gasteiger partial charge >= 0.3 is 0 Å². The SMILES string of the molecule is Cc1ccc(S(=O)(=O)[C@H]2C[C@H]2C=O)cc1. The van der Waals surface area contributed by atoms with Crippen LogP contribution in [0.4, 0.5) is 0 Å². The molecule has 0 spiro atoms. The van der Waals surface area contributed by atoms with Crippen LogP contribution in [0.1, 0.15) is 12.0 Å². The molecule has 2 rings (SSSR count).